The average molecular weight is 362 g/mol. The van der Waals surface area contributed by atoms with Crippen molar-refractivity contribution in [3.63, 3.8) is 0 Å². The van der Waals surface area contributed by atoms with Crippen LogP contribution in [0, 0.1) is 0 Å². The maximum atomic E-state index is 12.1. The monoisotopic (exact) mass is 361 g/mol. The third-order valence-electron chi connectivity index (χ3n) is 2.24. The average Bonchev–Trinajstić information content (AvgIpc) is 2.75. The second-order valence-electron chi connectivity index (χ2n) is 3.63. The summed E-state index contributed by atoms with van der Waals surface area (Å²) in [6.07, 6.45) is 1.55. The molecule has 0 fully saturated rings. The standard InChI is InChI=1S/C11H12BrN3O2S2/c1-2-13-8-3-5-9(6-4-8)19(16,17)15-11-14-7-10(12)18-11/h3-7,13H,2H2,1H3,(H,14,15). The Balaban J connectivity index is 2.19. The number of rotatable bonds is 5. The van der Waals surface area contributed by atoms with Gasteiger partial charge in [0, 0.05) is 12.2 Å². The summed E-state index contributed by atoms with van der Waals surface area (Å²) in [6.45, 7) is 2.77. The molecule has 8 heteroatoms. The third-order valence-corrected chi connectivity index (χ3v) is 5.12. The molecule has 0 aliphatic heterocycles. The summed E-state index contributed by atoms with van der Waals surface area (Å²) in [4.78, 5) is 4.15. The van der Waals surface area contributed by atoms with Crippen LogP contribution in [0.25, 0.3) is 0 Å². The van der Waals surface area contributed by atoms with Crippen LogP contribution < -0.4 is 10.0 Å². The van der Waals surface area contributed by atoms with E-state index in [4.69, 9.17) is 0 Å². The number of anilines is 2. The number of aromatic nitrogens is 1. The largest absolute Gasteiger partial charge is 0.385 e. The van der Waals surface area contributed by atoms with Gasteiger partial charge in [0.05, 0.1) is 14.9 Å². The molecule has 0 unspecified atom stereocenters. The first-order valence-electron chi connectivity index (χ1n) is 5.49. The van der Waals surface area contributed by atoms with Crippen LogP contribution in [-0.2, 0) is 10.0 Å². The number of thiazole rings is 1. The summed E-state index contributed by atoms with van der Waals surface area (Å²) in [5.74, 6) is 0. The van der Waals surface area contributed by atoms with E-state index in [-0.39, 0.29) is 4.90 Å². The Bertz CT molecular complexity index is 653. The molecule has 0 atom stereocenters. The summed E-state index contributed by atoms with van der Waals surface area (Å²) in [5, 5.41) is 3.44. The highest BCUT2D eigenvalue weighted by molar-refractivity contribution is 9.11. The molecule has 1 aromatic carbocycles. The van der Waals surface area contributed by atoms with Crippen LogP contribution in [0.3, 0.4) is 0 Å². The zero-order valence-corrected chi connectivity index (χ0v) is 13.3. The van der Waals surface area contributed by atoms with Crippen molar-refractivity contribution in [3.05, 3.63) is 34.2 Å². The summed E-state index contributed by atoms with van der Waals surface area (Å²) < 4.78 is 27.4. The summed E-state index contributed by atoms with van der Waals surface area (Å²) >= 11 is 4.46. The molecule has 1 aromatic heterocycles. The molecule has 0 saturated heterocycles. The van der Waals surface area contributed by atoms with E-state index < -0.39 is 10.0 Å². The van der Waals surface area contributed by atoms with E-state index in [0.29, 0.717) is 5.13 Å². The van der Waals surface area contributed by atoms with Gasteiger partial charge in [0.15, 0.2) is 5.13 Å². The molecule has 1 heterocycles. The van der Waals surface area contributed by atoms with Crippen LogP contribution in [-0.4, -0.2) is 19.9 Å². The Labute approximate surface area is 124 Å². The Hall–Kier alpha value is -1.12. The minimum absolute atomic E-state index is 0.209. The van der Waals surface area contributed by atoms with Crippen molar-refractivity contribution in [2.45, 2.75) is 11.8 Å². The lowest BCUT2D eigenvalue weighted by atomic mass is 10.3. The smallest absolute Gasteiger partial charge is 0.263 e. The zero-order chi connectivity index (χ0) is 13.9. The van der Waals surface area contributed by atoms with E-state index in [1.807, 2.05) is 6.92 Å². The van der Waals surface area contributed by atoms with Gasteiger partial charge in [0.2, 0.25) is 0 Å². The van der Waals surface area contributed by atoms with Gasteiger partial charge in [-0.2, -0.15) is 0 Å². The van der Waals surface area contributed by atoms with E-state index in [1.165, 1.54) is 11.3 Å². The predicted molar refractivity (Wildman–Crippen MR) is 81.2 cm³/mol. The fourth-order valence-corrected chi connectivity index (χ4v) is 3.78. The van der Waals surface area contributed by atoms with Crippen molar-refractivity contribution in [2.24, 2.45) is 0 Å². The van der Waals surface area contributed by atoms with Gasteiger partial charge in [-0.1, -0.05) is 11.3 Å². The first kappa shape index (κ1) is 14.3. The van der Waals surface area contributed by atoms with Gasteiger partial charge in [-0.15, -0.1) is 0 Å². The van der Waals surface area contributed by atoms with Crippen molar-refractivity contribution >= 4 is 48.1 Å². The molecular formula is C11H12BrN3O2S2. The lowest BCUT2D eigenvalue weighted by molar-refractivity contribution is 0.601. The van der Waals surface area contributed by atoms with Crippen LogP contribution in [0.2, 0.25) is 0 Å². The lowest BCUT2D eigenvalue weighted by Crippen LogP contribution is -2.12. The molecule has 2 aromatic rings. The minimum atomic E-state index is -3.58. The highest BCUT2D eigenvalue weighted by atomic mass is 79.9. The number of benzene rings is 1. The molecule has 0 aliphatic rings. The maximum absolute atomic E-state index is 12.1. The minimum Gasteiger partial charge on any atom is -0.385 e. The second-order valence-corrected chi connectivity index (χ2v) is 7.72. The van der Waals surface area contributed by atoms with Crippen molar-refractivity contribution in [1.29, 1.82) is 0 Å². The molecule has 0 spiro atoms. The lowest BCUT2D eigenvalue weighted by Gasteiger charge is -2.07. The molecule has 102 valence electrons. The Morgan fingerprint density at radius 1 is 1.32 bits per heavy atom. The van der Waals surface area contributed by atoms with Gasteiger partial charge in [-0.05, 0) is 47.1 Å². The Morgan fingerprint density at radius 2 is 2.00 bits per heavy atom. The quantitative estimate of drug-likeness (QED) is 0.857. The van der Waals surface area contributed by atoms with E-state index in [0.717, 1.165) is 16.0 Å². The molecule has 19 heavy (non-hydrogen) atoms. The van der Waals surface area contributed by atoms with E-state index >= 15 is 0 Å². The number of nitrogens with zero attached hydrogens (tertiary/aromatic N) is 1. The zero-order valence-electron chi connectivity index (χ0n) is 10.1. The summed E-state index contributed by atoms with van der Waals surface area (Å²) in [5.41, 5.74) is 0.887. The van der Waals surface area contributed by atoms with Crippen molar-refractivity contribution < 1.29 is 8.42 Å². The van der Waals surface area contributed by atoms with Gasteiger partial charge in [0.25, 0.3) is 10.0 Å². The molecule has 0 radical (unpaired) electrons. The molecule has 2 rings (SSSR count). The SMILES string of the molecule is CCNc1ccc(S(=O)(=O)Nc2ncc(Br)s2)cc1. The predicted octanol–water partition coefficient (Wildman–Crippen LogP) is 3.14. The van der Waals surface area contributed by atoms with Gasteiger partial charge in [-0.3, -0.25) is 4.72 Å². The highest BCUT2D eigenvalue weighted by Gasteiger charge is 2.15. The maximum Gasteiger partial charge on any atom is 0.263 e. The van der Waals surface area contributed by atoms with Crippen molar-refractivity contribution in [3.8, 4) is 0 Å². The van der Waals surface area contributed by atoms with Crippen LogP contribution >= 0.6 is 27.3 Å². The number of halogens is 1. The van der Waals surface area contributed by atoms with Crippen LogP contribution in [0.4, 0.5) is 10.8 Å². The normalized spacial score (nSPS) is 11.3. The second kappa shape index (κ2) is 5.89. The molecule has 2 N–H and O–H groups in total. The molecule has 0 bridgehead atoms. The highest BCUT2D eigenvalue weighted by Crippen LogP contribution is 2.25. The fourth-order valence-electron chi connectivity index (χ4n) is 1.43. The van der Waals surface area contributed by atoms with Gasteiger partial charge in [0.1, 0.15) is 0 Å². The first-order chi connectivity index (χ1) is 9.01. The summed E-state index contributed by atoms with van der Waals surface area (Å²) in [7, 11) is -3.58. The van der Waals surface area contributed by atoms with Crippen molar-refractivity contribution in [1.82, 2.24) is 4.98 Å². The third kappa shape index (κ3) is 3.68. The molecule has 5 nitrogen and oxygen atoms in total. The molecular weight excluding hydrogens is 350 g/mol. The van der Waals surface area contributed by atoms with Gasteiger partial charge in [-0.25, -0.2) is 13.4 Å². The van der Waals surface area contributed by atoms with Gasteiger partial charge < -0.3 is 5.32 Å². The van der Waals surface area contributed by atoms with Crippen LogP contribution in [0.15, 0.2) is 39.1 Å². The number of hydrogen-bond acceptors (Lipinski definition) is 5. The summed E-state index contributed by atoms with van der Waals surface area (Å²) in [6, 6.07) is 6.58. The van der Waals surface area contributed by atoms with E-state index in [9.17, 15) is 8.42 Å². The van der Waals surface area contributed by atoms with Crippen LogP contribution in [0.5, 0.6) is 0 Å². The molecule has 0 amide bonds. The van der Waals surface area contributed by atoms with E-state index in [2.05, 4.69) is 31.0 Å². The fraction of sp³-hybridized carbons (Fsp3) is 0.182. The van der Waals surface area contributed by atoms with E-state index in [1.54, 1.807) is 30.5 Å². The Kier molecular flexibility index (Phi) is 4.43. The number of nitrogens with one attached hydrogen (secondary N) is 2. The Morgan fingerprint density at radius 3 is 2.53 bits per heavy atom. The van der Waals surface area contributed by atoms with Crippen molar-refractivity contribution in [2.75, 3.05) is 16.6 Å². The first-order valence-corrected chi connectivity index (χ1v) is 8.58. The molecule has 0 saturated carbocycles. The molecule has 0 aliphatic carbocycles. The van der Waals surface area contributed by atoms with Crippen LogP contribution in [0.1, 0.15) is 6.92 Å². The van der Waals surface area contributed by atoms with Gasteiger partial charge >= 0.3 is 0 Å². The number of sulfonamides is 1. The number of hydrogen-bond donors (Lipinski definition) is 2. The topological polar surface area (TPSA) is 71.1 Å².